The molecule has 1 aromatic heterocycles. The fourth-order valence-electron chi connectivity index (χ4n) is 3.85. The minimum Gasteiger partial charge on any atom is -0.497 e. The van der Waals surface area contributed by atoms with E-state index in [0.717, 1.165) is 24.2 Å². The van der Waals surface area contributed by atoms with E-state index in [4.69, 9.17) is 17.0 Å². The first-order valence-corrected chi connectivity index (χ1v) is 10.1. The SMILES string of the molecule is COc1ccc(-c2n[nH]c(=S)n2CC(=O)NCC2(c3ccccc3)CCC2)cc1. The van der Waals surface area contributed by atoms with E-state index in [-0.39, 0.29) is 17.9 Å². The lowest BCUT2D eigenvalue weighted by molar-refractivity contribution is -0.122. The molecule has 6 nitrogen and oxygen atoms in total. The topological polar surface area (TPSA) is 71.9 Å². The molecule has 0 spiro atoms. The van der Waals surface area contributed by atoms with Crippen molar-refractivity contribution >= 4 is 18.1 Å². The zero-order chi connectivity index (χ0) is 20.3. The monoisotopic (exact) mass is 408 g/mol. The molecule has 0 saturated heterocycles. The number of nitrogens with one attached hydrogen (secondary N) is 2. The summed E-state index contributed by atoms with van der Waals surface area (Å²) in [5.41, 5.74) is 2.21. The van der Waals surface area contributed by atoms with Crippen LogP contribution in [0.15, 0.2) is 54.6 Å². The largest absolute Gasteiger partial charge is 0.497 e. The summed E-state index contributed by atoms with van der Waals surface area (Å²) in [6.45, 7) is 0.764. The fraction of sp³-hybridized carbons (Fsp3) is 0.318. The Morgan fingerprint density at radius 2 is 1.93 bits per heavy atom. The number of nitrogens with zero attached hydrogens (tertiary/aromatic N) is 2. The Bertz CT molecular complexity index is 1040. The quantitative estimate of drug-likeness (QED) is 0.583. The molecule has 1 heterocycles. The first-order valence-electron chi connectivity index (χ1n) is 9.73. The molecular formula is C22H24N4O2S. The number of amides is 1. The zero-order valence-electron chi connectivity index (χ0n) is 16.4. The van der Waals surface area contributed by atoms with E-state index in [1.165, 1.54) is 12.0 Å². The number of carbonyl (C=O) groups excluding carboxylic acids is 1. The van der Waals surface area contributed by atoms with Crippen molar-refractivity contribution in [3.8, 4) is 17.1 Å². The highest BCUT2D eigenvalue weighted by Crippen LogP contribution is 2.43. The number of aromatic amines is 1. The average Bonchev–Trinajstić information content (AvgIpc) is 3.08. The molecule has 7 heteroatoms. The fourth-order valence-corrected chi connectivity index (χ4v) is 4.05. The molecule has 1 saturated carbocycles. The molecule has 0 aliphatic heterocycles. The lowest BCUT2D eigenvalue weighted by atomic mass is 9.64. The summed E-state index contributed by atoms with van der Waals surface area (Å²) < 4.78 is 7.35. The Balaban J connectivity index is 1.46. The maximum atomic E-state index is 12.7. The van der Waals surface area contributed by atoms with Gasteiger partial charge in [0.2, 0.25) is 5.91 Å². The van der Waals surface area contributed by atoms with Crippen molar-refractivity contribution in [3.05, 3.63) is 64.9 Å². The number of H-pyrrole nitrogens is 1. The van der Waals surface area contributed by atoms with Gasteiger partial charge >= 0.3 is 0 Å². The Kier molecular flexibility index (Phi) is 5.49. The van der Waals surface area contributed by atoms with Gasteiger partial charge in [0.1, 0.15) is 12.3 Å². The van der Waals surface area contributed by atoms with Crippen molar-refractivity contribution in [1.82, 2.24) is 20.1 Å². The lowest BCUT2D eigenvalue weighted by Crippen LogP contribution is -2.46. The molecule has 2 aromatic carbocycles. The predicted molar refractivity (Wildman–Crippen MR) is 114 cm³/mol. The van der Waals surface area contributed by atoms with Gasteiger partial charge in [-0.3, -0.25) is 14.5 Å². The van der Waals surface area contributed by atoms with Gasteiger partial charge in [0.05, 0.1) is 7.11 Å². The summed E-state index contributed by atoms with van der Waals surface area (Å²) in [6.07, 6.45) is 3.39. The molecule has 0 radical (unpaired) electrons. The van der Waals surface area contributed by atoms with Gasteiger partial charge in [-0.25, -0.2) is 0 Å². The van der Waals surface area contributed by atoms with Crippen LogP contribution < -0.4 is 10.1 Å². The zero-order valence-corrected chi connectivity index (χ0v) is 17.2. The smallest absolute Gasteiger partial charge is 0.240 e. The second-order valence-corrected chi connectivity index (χ2v) is 7.83. The standard InChI is InChI=1S/C22H24N4O2S/c1-28-18-10-8-16(9-11-18)20-24-25-21(29)26(20)14-19(27)23-15-22(12-5-13-22)17-6-3-2-4-7-17/h2-4,6-11H,5,12-15H2,1H3,(H,23,27)(H,25,29). The van der Waals surface area contributed by atoms with E-state index >= 15 is 0 Å². The van der Waals surface area contributed by atoms with E-state index in [9.17, 15) is 4.79 Å². The number of carbonyl (C=O) groups is 1. The van der Waals surface area contributed by atoms with Crippen molar-refractivity contribution in [2.75, 3.05) is 13.7 Å². The summed E-state index contributed by atoms with van der Waals surface area (Å²) in [5.74, 6) is 1.33. The second kappa shape index (κ2) is 8.21. The van der Waals surface area contributed by atoms with Crippen molar-refractivity contribution in [1.29, 1.82) is 0 Å². The summed E-state index contributed by atoms with van der Waals surface area (Å²) in [5, 5.41) is 10.2. The molecule has 2 N–H and O–H groups in total. The lowest BCUT2D eigenvalue weighted by Gasteiger charge is -2.42. The van der Waals surface area contributed by atoms with Gasteiger partial charge in [-0.15, -0.1) is 0 Å². The second-order valence-electron chi connectivity index (χ2n) is 7.44. The van der Waals surface area contributed by atoms with E-state index in [0.29, 0.717) is 17.1 Å². The maximum absolute atomic E-state index is 12.7. The van der Waals surface area contributed by atoms with E-state index in [1.807, 2.05) is 30.3 Å². The van der Waals surface area contributed by atoms with Crippen LogP contribution in [-0.2, 0) is 16.8 Å². The Morgan fingerprint density at radius 1 is 1.21 bits per heavy atom. The molecule has 0 bridgehead atoms. The van der Waals surface area contributed by atoms with Crippen molar-refractivity contribution in [3.63, 3.8) is 0 Å². The molecule has 1 fully saturated rings. The number of rotatable bonds is 7. The summed E-state index contributed by atoms with van der Waals surface area (Å²) in [4.78, 5) is 12.7. The molecule has 3 aromatic rings. The van der Waals surface area contributed by atoms with Crippen LogP contribution in [0, 0.1) is 4.77 Å². The number of ether oxygens (including phenoxy) is 1. The summed E-state index contributed by atoms with van der Waals surface area (Å²) >= 11 is 5.35. The van der Waals surface area contributed by atoms with Gasteiger partial charge in [-0.2, -0.15) is 5.10 Å². The van der Waals surface area contributed by atoms with Crippen LogP contribution in [-0.4, -0.2) is 34.3 Å². The molecule has 1 amide bonds. The van der Waals surface area contributed by atoms with Crippen molar-refractivity contribution < 1.29 is 9.53 Å². The highest BCUT2D eigenvalue weighted by molar-refractivity contribution is 7.71. The third-order valence-electron chi connectivity index (χ3n) is 5.73. The van der Waals surface area contributed by atoms with Crippen LogP contribution in [0.1, 0.15) is 24.8 Å². The number of benzene rings is 2. The third-order valence-corrected chi connectivity index (χ3v) is 6.04. The molecule has 1 aliphatic carbocycles. The summed E-state index contributed by atoms with van der Waals surface area (Å²) in [7, 11) is 1.62. The van der Waals surface area contributed by atoms with Crippen molar-refractivity contribution in [2.45, 2.75) is 31.2 Å². The van der Waals surface area contributed by atoms with Gasteiger partial charge in [0.25, 0.3) is 0 Å². The van der Waals surface area contributed by atoms with Gasteiger partial charge in [-0.1, -0.05) is 36.8 Å². The van der Waals surface area contributed by atoms with E-state index in [2.05, 4.69) is 39.8 Å². The van der Waals surface area contributed by atoms with Gasteiger partial charge in [0, 0.05) is 17.5 Å². The number of methoxy groups -OCH3 is 1. The minimum absolute atomic E-state index is 0.0492. The van der Waals surface area contributed by atoms with E-state index in [1.54, 1.807) is 11.7 Å². The van der Waals surface area contributed by atoms with Gasteiger partial charge in [0.15, 0.2) is 10.6 Å². The molecule has 29 heavy (non-hydrogen) atoms. The molecule has 4 rings (SSSR count). The molecular weight excluding hydrogens is 384 g/mol. The van der Waals surface area contributed by atoms with E-state index < -0.39 is 0 Å². The Labute approximate surface area is 174 Å². The van der Waals surface area contributed by atoms with Crippen LogP contribution in [0.25, 0.3) is 11.4 Å². The molecule has 1 aliphatic rings. The normalized spacial score (nSPS) is 14.8. The Hall–Kier alpha value is -2.93. The number of aromatic nitrogens is 3. The van der Waals surface area contributed by atoms with Crippen LogP contribution >= 0.6 is 12.2 Å². The third kappa shape index (κ3) is 3.96. The van der Waals surface area contributed by atoms with Crippen LogP contribution in [0.4, 0.5) is 0 Å². The highest BCUT2D eigenvalue weighted by atomic mass is 32.1. The Morgan fingerprint density at radius 3 is 2.55 bits per heavy atom. The first kappa shape index (κ1) is 19.4. The molecule has 0 atom stereocenters. The molecule has 0 unspecified atom stereocenters. The van der Waals surface area contributed by atoms with Crippen molar-refractivity contribution in [2.24, 2.45) is 0 Å². The average molecular weight is 409 g/mol. The minimum atomic E-state index is -0.0699. The predicted octanol–water partition coefficient (Wildman–Crippen LogP) is 3.85. The van der Waals surface area contributed by atoms with Gasteiger partial charge < -0.3 is 10.1 Å². The van der Waals surface area contributed by atoms with Crippen LogP contribution in [0.5, 0.6) is 5.75 Å². The van der Waals surface area contributed by atoms with Gasteiger partial charge in [-0.05, 0) is 54.9 Å². The number of hydrogen-bond acceptors (Lipinski definition) is 4. The highest BCUT2D eigenvalue weighted by Gasteiger charge is 2.38. The first-order chi connectivity index (χ1) is 14.1. The van der Waals surface area contributed by atoms with Crippen LogP contribution in [0.3, 0.4) is 0 Å². The number of hydrogen-bond donors (Lipinski definition) is 2. The maximum Gasteiger partial charge on any atom is 0.240 e. The summed E-state index contributed by atoms with van der Waals surface area (Å²) in [6, 6.07) is 18.0. The molecule has 150 valence electrons. The van der Waals surface area contributed by atoms with Crippen LogP contribution in [0.2, 0.25) is 0 Å².